The van der Waals surface area contributed by atoms with E-state index in [0.29, 0.717) is 30.6 Å². The van der Waals surface area contributed by atoms with E-state index in [1.54, 1.807) is 25.4 Å². The van der Waals surface area contributed by atoms with Crippen LogP contribution in [0.1, 0.15) is 16.9 Å². The van der Waals surface area contributed by atoms with E-state index in [9.17, 15) is 4.79 Å². The molecule has 180 valence electrons. The number of pyridine rings is 1. The molecule has 1 fully saturated rings. The second-order valence-corrected chi connectivity index (χ2v) is 9.39. The van der Waals surface area contributed by atoms with Gasteiger partial charge in [0.2, 0.25) is 5.95 Å². The van der Waals surface area contributed by atoms with Crippen LogP contribution in [0.15, 0.2) is 65.3 Å². The number of methoxy groups -OCH3 is 1. The predicted octanol–water partition coefficient (Wildman–Crippen LogP) is 4.36. The molecule has 0 spiro atoms. The minimum Gasteiger partial charge on any atom is -0.457 e. The van der Waals surface area contributed by atoms with E-state index in [0.717, 1.165) is 34.2 Å². The topological polar surface area (TPSA) is 113 Å². The highest BCUT2D eigenvalue weighted by atomic mass is 79.9. The largest absolute Gasteiger partial charge is 0.457 e. The standard InChI is InChI=1S/C25H25BrN6O3/c1-34-15-25(9-11-27-14-25)32-23(33)22-13-19(8-10-28-22)35-18-6-7-20-21(12-18)31-24(30-20)29-17-4-2-16(26)3-5-17/h2-8,10,12-13,27H,9,11,14-15H2,1H3,(H,32,33)(H2,29,30,31)/t25-/m1/s1. The molecule has 1 atom stereocenters. The maximum absolute atomic E-state index is 12.9. The number of carbonyl (C=O) groups excluding carboxylic acids is 1. The number of H-pyrrole nitrogens is 1. The Kier molecular flexibility index (Phi) is 6.67. The fourth-order valence-electron chi connectivity index (χ4n) is 4.11. The number of nitrogens with one attached hydrogen (secondary N) is 4. The van der Waals surface area contributed by atoms with Crippen molar-refractivity contribution in [3.63, 3.8) is 0 Å². The summed E-state index contributed by atoms with van der Waals surface area (Å²) in [4.78, 5) is 25.0. The molecule has 1 aliphatic heterocycles. The lowest BCUT2D eigenvalue weighted by Gasteiger charge is -2.28. The molecule has 0 saturated carbocycles. The molecule has 10 heteroatoms. The van der Waals surface area contributed by atoms with Gasteiger partial charge in [-0.25, -0.2) is 4.98 Å². The molecule has 0 radical (unpaired) electrons. The van der Waals surface area contributed by atoms with Crippen LogP contribution in [-0.4, -0.2) is 53.2 Å². The molecule has 9 nitrogen and oxygen atoms in total. The van der Waals surface area contributed by atoms with Crippen molar-refractivity contribution < 1.29 is 14.3 Å². The van der Waals surface area contributed by atoms with Crippen LogP contribution in [-0.2, 0) is 4.74 Å². The number of rotatable bonds is 8. The molecule has 35 heavy (non-hydrogen) atoms. The highest BCUT2D eigenvalue weighted by Crippen LogP contribution is 2.27. The number of aromatic nitrogens is 3. The van der Waals surface area contributed by atoms with E-state index in [2.05, 4.69) is 46.8 Å². The molecule has 2 aromatic heterocycles. The Hall–Kier alpha value is -3.47. The number of hydrogen-bond acceptors (Lipinski definition) is 7. The molecule has 4 aromatic rings. The van der Waals surface area contributed by atoms with Gasteiger partial charge in [0.15, 0.2) is 0 Å². The van der Waals surface area contributed by atoms with Crippen molar-refractivity contribution in [2.24, 2.45) is 0 Å². The van der Waals surface area contributed by atoms with Gasteiger partial charge in [-0.05, 0) is 55.4 Å². The second kappa shape index (κ2) is 10.0. The van der Waals surface area contributed by atoms with Crippen molar-refractivity contribution in [1.82, 2.24) is 25.6 Å². The van der Waals surface area contributed by atoms with Gasteiger partial charge in [-0.15, -0.1) is 0 Å². The average molecular weight is 537 g/mol. The Bertz CT molecular complexity index is 1330. The third-order valence-electron chi connectivity index (χ3n) is 5.80. The predicted molar refractivity (Wildman–Crippen MR) is 137 cm³/mol. The quantitative estimate of drug-likeness (QED) is 0.264. The van der Waals surface area contributed by atoms with Crippen LogP contribution < -0.4 is 20.7 Å². The Morgan fingerprint density at radius 1 is 1.14 bits per heavy atom. The number of hydrogen-bond donors (Lipinski definition) is 4. The summed E-state index contributed by atoms with van der Waals surface area (Å²) in [5.74, 6) is 1.50. The summed E-state index contributed by atoms with van der Waals surface area (Å²) in [7, 11) is 1.63. The number of amides is 1. The second-order valence-electron chi connectivity index (χ2n) is 8.47. The molecule has 1 amide bonds. The normalized spacial score (nSPS) is 17.4. The van der Waals surface area contributed by atoms with Crippen molar-refractivity contribution in [2.45, 2.75) is 12.0 Å². The van der Waals surface area contributed by atoms with Crippen LogP contribution in [0.25, 0.3) is 11.0 Å². The van der Waals surface area contributed by atoms with Gasteiger partial charge < -0.3 is 30.4 Å². The van der Waals surface area contributed by atoms with Crippen LogP contribution in [0, 0.1) is 0 Å². The molecule has 0 unspecified atom stereocenters. The first-order valence-corrected chi connectivity index (χ1v) is 12.0. The summed E-state index contributed by atoms with van der Waals surface area (Å²) in [6, 6.07) is 16.8. The van der Waals surface area contributed by atoms with Crippen molar-refractivity contribution >= 4 is 44.5 Å². The summed E-state index contributed by atoms with van der Waals surface area (Å²) in [5, 5.41) is 9.62. The molecule has 3 heterocycles. The number of halogens is 1. The smallest absolute Gasteiger partial charge is 0.270 e. The van der Waals surface area contributed by atoms with E-state index in [1.165, 1.54) is 0 Å². The highest BCUT2D eigenvalue weighted by Gasteiger charge is 2.35. The Morgan fingerprint density at radius 3 is 2.74 bits per heavy atom. The lowest BCUT2D eigenvalue weighted by Crippen LogP contribution is -2.53. The minimum atomic E-state index is -0.433. The van der Waals surface area contributed by atoms with Gasteiger partial charge in [0, 0.05) is 42.1 Å². The van der Waals surface area contributed by atoms with Crippen LogP contribution in [0.5, 0.6) is 11.5 Å². The molecule has 0 bridgehead atoms. The monoisotopic (exact) mass is 536 g/mol. The number of fused-ring (bicyclic) bond motifs is 1. The molecule has 5 rings (SSSR count). The van der Waals surface area contributed by atoms with Crippen LogP contribution >= 0.6 is 15.9 Å². The van der Waals surface area contributed by atoms with Crippen molar-refractivity contribution in [2.75, 3.05) is 32.1 Å². The maximum atomic E-state index is 12.9. The first-order valence-electron chi connectivity index (χ1n) is 11.2. The summed E-state index contributed by atoms with van der Waals surface area (Å²) in [5.41, 5.74) is 2.41. The van der Waals surface area contributed by atoms with Crippen LogP contribution in [0.4, 0.5) is 11.6 Å². The number of imidazole rings is 1. The van der Waals surface area contributed by atoms with Crippen molar-refractivity contribution in [1.29, 1.82) is 0 Å². The maximum Gasteiger partial charge on any atom is 0.270 e. The van der Waals surface area contributed by atoms with Gasteiger partial charge in [-0.2, -0.15) is 0 Å². The van der Waals surface area contributed by atoms with Crippen molar-refractivity contribution in [3.05, 3.63) is 71.0 Å². The van der Waals surface area contributed by atoms with E-state index >= 15 is 0 Å². The molecular formula is C25H25BrN6O3. The molecule has 2 aromatic carbocycles. The SMILES string of the molecule is COC[C@@]1(NC(=O)c2cc(Oc3ccc4nc(Nc5ccc(Br)cc5)[nH]c4c3)ccn2)CCNC1. The van der Waals surface area contributed by atoms with Gasteiger partial charge in [-0.3, -0.25) is 9.78 Å². The number of carbonyl (C=O) groups is 1. The zero-order chi connectivity index (χ0) is 24.3. The van der Waals surface area contributed by atoms with Crippen LogP contribution in [0.2, 0.25) is 0 Å². The fourth-order valence-corrected chi connectivity index (χ4v) is 4.37. The van der Waals surface area contributed by atoms with Gasteiger partial charge in [-0.1, -0.05) is 15.9 Å². The number of anilines is 2. The van der Waals surface area contributed by atoms with Crippen LogP contribution in [0.3, 0.4) is 0 Å². The summed E-state index contributed by atoms with van der Waals surface area (Å²) in [6.07, 6.45) is 2.36. The lowest BCUT2D eigenvalue weighted by atomic mass is 9.99. The lowest BCUT2D eigenvalue weighted by molar-refractivity contribution is 0.0786. The summed E-state index contributed by atoms with van der Waals surface area (Å²) in [6.45, 7) is 1.92. The number of benzene rings is 2. The first-order chi connectivity index (χ1) is 17.0. The minimum absolute atomic E-state index is 0.260. The third-order valence-corrected chi connectivity index (χ3v) is 6.33. The van der Waals surface area contributed by atoms with Crippen molar-refractivity contribution in [3.8, 4) is 11.5 Å². The van der Waals surface area contributed by atoms with E-state index in [-0.39, 0.29) is 11.6 Å². The average Bonchev–Trinajstić information content (AvgIpc) is 3.47. The Labute approximate surface area is 210 Å². The number of nitrogens with zero attached hydrogens (tertiary/aromatic N) is 2. The molecule has 4 N–H and O–H groups in total. The number of aromatic amines is 1. The van der Waals surface area contributed by atoms with Gasteiger partial charge in [0.1, 0.15) is 17.2 Å². The molecule has 0 aliphatic carbocycles. The Morgan fingerprint density at radius 2 is 1.97 bits per heavy atom. The number of ether oxygens (including phenoxy) is 2. The first kappa shape index (κ1) is 23.3. The van der Waals surface area contributed by atoms with Gasteiger partial charge in [0.05, 0.1) is 23.2 Å². The summed E-state index contributed by atoms with van der Waals surface area (Å²) >= 11 is 3.44. The fraction of sp³-hybridized carbons (Fsp3) is 0.240. The van der Waals surface area contributed by atoms with E-state index < -0.39 is 5.54 Å². The van der Waals surface area contributed by atoms with E-state index in [4.69, 9.17) is 9.47 Å². The highest BCUT2D eigenvalue weighted by molar-refractivity contribution is 9.10. The zero-order valence-electron chi connectivity index (χ0n) is 19.1. The third kappa shape index (κ3) is 5.45. The van der Waals surface area contributed by atoms with Gasteiger partial charge >= 0.3 is 0 Å². The molecule has 1 saturated heterocycles. The van der Waals surface area contributed by atoms with E-state index in [1.807, 2.05) is 42.5 Å². The van der Waals surface area contributed by atoms with Gasteiger partial charge in [0.25, 0.3) is 5.91 Å². The molecule has 1 aliphatic rings. The molecular weight excluding hydrogens is 512 g/mol. The zero-order valence-corrected chi connectivity index (χ0v) is 20.7. The summed E-state index contributed by atoms with van der Waals surface area (Å²) < 4.78 is 12.4. The Balaban J connectivity index is 1.29.